The summed E-state index contributed by atoms with van der Waals surface area (Å²) >= 11 is 0. The highest BCUT2D eigenvalue weighted by Crippen LogP contribution is 2.28. The van der Waals surface area contributed by atoms with E-state index in [1.165, 1.54) is 7.11 Å². The minimum absolute atomic E-state index is 0.0694. The predicted molar refractivity (Wildman–Crippen MR) is 60.9 cm³/mol. The van der Waals surface area contributed by atoms with Crippen molar-refractivity contribution in [1.82, 2.24) is 0 Å². The number of rotatable bonds is 1. The molecule has 0 saturated carbocycles. The van der Waals surface area contributed by atoms with E-state index in [-0.39, 0.29) is 5.76 Å². The summed E-state index contributed by atoms with van der Waals surface area (Å²) in [5.74, 6) is -0.367. The number of benzene rings is 1. The molecule has 0 fully saturated rings. The minimum atomic E-state index is -0.436. The van der Waals surface area contributed by atoms with Gasteiger partial charge in [0.2, 0.25) is 0 Å². The van der Waals surface area contributed by atoms with Gasteiger partial charge in [0.1, 0.15) is 5.76 Å². The molecule has 0 radical (unpaired) electrons. The molecule has 0 aromatic heterocycles. The van der Waals surface area contributed by atoms with E-state index in [1.807, 2.05) is 24.3 Å². The second-order valence-corrected chi connectivity index (χ2v) is 3.83. The number of hydrogen-bond acceptors (Lipinski definition) is 3. The highest BCUT2D eigenvalue weighted by molar-refractivity contribution is 5.96. The molecule has 0 bridgehead atoms. The van der Waals surface area contributed by atoms with Crippen molar-refractivity contribution in [1.29, 1.82) is 0 Å². The van der Waals surface area contributed by atoms with Crippen LogP contribution in [0.15, 0.2) is 29.8 Å². The standard InChI is InChI=1S/C13H14O3/c1-16-13(15)11-8-4-6-9-5-2-3-7-10(9)12(11)14/h2-3,5,7,14H,4,6,8H2,1H3. The van der Waals surface area contributed by atoms with Crippen molar-refractivity contribution in [3.05, 3.63) is 41.0 Å². The van der Waals surface area contributed by atoms with Gasteiger partial charge in [-0.1, -0.05) is 24.3 Å². The summed E-state index contributed by atoms with van der Waals surface area (Å²) in [6, 6.07) is 7.61. The lowest BCUT2D eigenvalue weighted by molar-refractivity contribution is -0.136. The fourth-order valence-electron chi connectivity index (χ4n) is 2.03. The summed E-state index contributed by atoms with van der Waals surface area (Å²) < 4.78 is 4.67. The molecule has 0 aliphatic heterocycles. The summed E-state index contributed by atoms with van der Waals surface area (Å²) in [6.45, 7) is 0. The Hall–Kier alpha value is -1.77. The van der Waals surface area contributed by atoms with Crippen LogP contribution in [0, 0.1) is 0 Å². The molecule has 1 aromatic carbocycles. The molecule has 16 heavy (non-hydrogen) atoms. The highest BCUT2D eigenvalue weighted by Gasteiger charge is 2.21. The average molecular weight is 218 g/mol. The second-order valence-electron chi connectivity index (χ2n) is 3.83. The molecule has 0 atom stereocenters. The van der Waals surface area contributed by atoms with Crippen LogP contribution in [0.2, 0.25) is 0 Å². The maximum absolute atomic E-state index is 11.5. The van der Waals surface area contributed by atoms with Gasteiger partial charge in [0.15, 0.2) is 0 Å². The first-order valence-electron chi connectivity index (χ1n) is 5.32. The van der Waals surface area contributed by atoms with E-state index in [4.69, 9.17) is 0 Å². The zero-order valence-corrected chi connectivity index (χ0v) is 9.19. The predicted octanol–water partition coefficient (Wildman–Crippen LogP) is 2.47. The number of ether oxygens (including phenoxy) is 1. The molecule has 0 unspecified atom stereocenters. The first-order chi connectivity index (χ1) is 7.74. The maximum atomic E-state index is 11.5. The van der Waals surface area contributed by atoms with Crippen molar-refractivity contribution in [2.24, 2.45) is 0 Å². The second kappa shape index (κ2) is 4.39. The number of fused-ring (bicyclic) bond motifs is 1. The van der Waals surface area contributed by atoms with Gasteiger partial charge in [0.25, 0.3) is 0 Å². The summed E-state index contributed by atoms with van der Waals surface area (Å²) in [5.41, 5.74) is 2.21. The lowest BCUT2D eigenvalue weighted by Gasteiger charge is -2.07. The topological polar surface area (TPSA) is 46.5 Å². The molecule has 0 heterocycles. The van der Waals surface area contributed by atoms with Crippen LogP contribution in [0.5, 0.6) is 0 Å². The normalized spacial score (nSPS) is 15.3. The molecule has 3 heteroatoms. The van der Waals surface area contributed by atoms with E-state index in [0.29, 0.717) is 12.0 Å². The number of aliphatic hydroxyl groups excluding tert-OH is 1. The Morgan fingerprint density at radius 2 is 2.06 bits per heavy atom. The fraction of sp³-hybridized carbons (Fsp3) is 0.308. The Kier molecular flexibility index (Phi) is 2.95. The third-order valence-electron chi connectivity index (χ3n) is 2.86. The Balaban J connectivity index is 2.51. The molecule has 1 N–H and O–H groups in total. The van der Waals surface area contributed by atoms with Crippen LogP contribution in [-0.4, -0.2) is 18.2 Å². The van der Waals surface area contributed by atoms with E-state index in [0.717, 1.165) is 24.0 Å². The Labute approximate surface area is 94.4 Å². The van der Waals surface area contributed by atoms with Gasteiger partial charge < -0.3 is 9.84 Å². The fourth-order valence-corrected chi connectivity index (χ4v) is 2.03. The number of esters is 1. The molecule has 2 rings (SSSR count). The number of aliphatic hydroxyl groups is 1. The molecule has 0 saturated heterocycles. The molecule has 3 nitrogen and oxygen atoms in total. The number of carbonyl (C=O) groups is 1. The van der Waals surface area contributed by atoms with Crippen LogP contribution in [0.1, 0.15) is 24.0 Å². The first-order valence-corrected chi connectivity index (χ1v) is 5.32. The number of methoxy groups -OCH3 is 1. The molecule has 84 valence electrons. The number of hydrogen-bond donors (Lipinski definition) is 1. The monoisotopic (exact) mass is 218 g/mol. The van der Waals surface area contributed by atoms with Crippen molar-refractivity contribution >= 4 is 11.7 Å². The van der Waals surface area contributed by atoms with Gasteiger partial charge in [0.05, 0.1) is 12.7 Å². The summed E-state index contributed by atoms with van der Waals surface area (Å²) in [6.07, 6.45) is 2.29. The molecule has 1 aliphatic rings. The van der Waals surface area contributed by atoms with Crippen LogP contribution in [-0.2, 0) is 16.0 Å². The summed E-state index contributed by atoms with van der Waals surface area (Å²) in [7, 11) is 1.33. The summed E-state index contributed by atoms with van der Waals surface area (Å²) in [4.78, 5) is 11.5. The van der Waals surface area contributed by atoms with Crippen molar-refractivity contribution in [2.45, 2.75) is 19.3 Å². The van der Waals surface area contributed by atoms with E-state index in [9.17, 15) is 9.90 Å². The zero-order valence-electron chi connectivity index (χ0n) is 9.19. The van der Waals surface area contributed by atoms with E-state index >= 15 is 0 Å². The first kappa shape index (κ1) is 10.7. The average Bonchev–Trinajstić information content (AvgIpc) is 2.49. The SMILES string of the molecule is COC(=O)C1=C(O)c2ccccc2CCC1. The molecule has 0 amide bonds. The van der Waals surface area contributed by atoms with E-state index in [2.05, 4.69) is 4.74 Å². The lowest BCUT2D eigenvalue weighted by atomic mass is 10.0. The van der Waals surface area contributed by atoms with Crippen molar-refractivity contribution in [2.75, 3.05) is 7.11 Å². The molecule has 0 spiro atoms. The van der Waals surface area contributed by atoms with Crippen LogP contribution in [0.4, 0.5) is 0 Å². The minimum Gasteiger partial charge on any atom is -0.507 e. The third kappa shape index (κ3) is 1.81. The van der Waals surface area contributed by atoms with Crippen molar-refractivity contribution in [3.8, 4) is 0 Å². The van der Waals surface area contributed by atoms with Crippen LogP contribution in [0.25, 0.3) is 5.76 Å². The van der Waals surface area contributed by atoms with Gasteiger partial charge >= 0.3 is 5.97 Å². The molecule has 1 aliphatic carbocycles. The lowest BCUT2D eigenvalue weighted by Crippen LogP contribution is -2.07. The van der Waals surface area contributed by atoms with Crippen LogP contribution in [0.3, 0.4) is 0 Å². The largest absolute Gasteiger partial charge is 0.507 e. The smallest absolute Gasteiger partial charge is 0.337 e. The molecular formula is C13H14O3. The van der Waals surface area contributed by atoms with E-state index < -0.39 is 5.97 Å². The third-order valence-corrected chi connectivity index (χ3v) is 2.86. The summed E-state index contributed by atoms with van der Waals surface area (Å²) in [5, 5.41) is 10.1. The van der Waals surface area contributed by atoms with Gasteiger partial charge in [0, 0.05) is 5.56 Å². The molecule has 1 aromatic rings. The highest BCUT2D eigenvalue weighted by atomic mass is 16.5. The zero-order chi connectivity index (χ0) is 11.5. The number of aryl methyl sites for hydroxylation is 1. The van der Waals surface area contributed by atoms with Gasteiger partial charge in [-0.05, 0) is 24.8 Å². The van der Waals surface area contributed by atoms with Crippen LogP contribution < -0.4 is 0 Å². The Morgan fingerprint density at radius 3 is 2.81 bits per heavy atom. The molecular weight excluding hydrogens is 204 g/mol. The van der Waals surface area contributed by atoms with Crippen molar-refractivity contribution < 1.29 is 14.6 Å². The van der Waals surface area contributed by atoms with Gasteiger partial charge in [-0.3, -0.25) is 0 Å². The van der Waals surface area contributed by atoms with Crippen LogP contribution >= 0.6 is 0 Å². The Morgan fingerprint density at radius 1 is 1.31 bits per heavy atom. The van der Waals surface area contributed by atoms with E-state index in [1.54, 1.807) is 0 Å². The quantitative estimate of drug-likeness (QED) is 0.736. The number of carbonyl (C=O) groups excluding carboxylic acids is 1. The maximum Gasteiger partial charge on any atom is 0.337 e. The van der Waals surface area contributed by atoms with Gasteiger partial charge in [-0.25, -0.2) is 4.79 Å². The van der Waals surface area contributed by atoms with Crippen molar-refractivity contribution in [3.63, 3.8) is 0 Å². The van der Waals surface area contributed by atoms with Gasteiger partial charge in [-0.15, -0.1) is 0 Å². The Bertz CT molecular complexity index is 446. The van der Waals surface area contributed by atoms with Gasteiger partial charge in [-0.2, -0.15) is 0 Å².